The molecule has 4 aromatic rings. The van der Waals surface area contributed by atoms with E-state index in [1.54, 1.807) is 4.90 Å². The molecule has 2 amide bonds. The number of nitrogens with zero attached hydrogens (tertiary/aromatic N) is 1. The summed E-state index contributed by atoms with van der Waals surface area (Å²) in [5.41, 5.74) is 4.14. The molecule has 0 aromatic heterocycles. The van der Waals surface area contributed by atoms with Crippen LogP contribution >= 0.6 is 15.9 Å². The summed E-state index contributed by atoms with van der Waals surface area (Å²) < 4.78 is 0.938. The summed E-state index contributed by atoms with van der Waals surface area (Å²) in [5, 5.41) is 3.11. The van der Waals surface area contributed by atoms with Gasteiger partial charge in [-0.15, -0.1) is 0 Å². The minimum absolute atomic E-state index is 0.0571. The number of halogens is 1. The van der Waals surface area contributed by atoms with E-state index in [2.05, 4.69) is 59.4 Å². The predicted octanol–water partition coefficient (Wildman–Crippen LogP) is 7.38. The van der Waals surface area contributed by atoms with Crippen LogP contribution in [0.15, 0.2) is 120 Å². The molecule has 4 rings (SSSR count). The number of amides is 2. The van der Waals surface area contributed by atoms with Gasteiger partial charge in [0.05, 0.1) is 0 Å². The van der Waals surface area contributed by atoms with Crippen LogP contribution in [0.4, 0.5) is 0 Å². The first-order valence-electron chi connectivity index (χ1n) is 13.9. The Labute approximate surface area is 246 Å². The fourth-order valence-electron chi connectivity index (χ4n) is 4.90. The number of hydrogen-bond donors (Lipinski definition) is 1. The highest BCUT2D eigenvalue weighted by molar-refractivity contribution is 9.10. The van der Waals surface area contributed by atoms with Gasteiger partial charge in [-0.25, -0.2) is 0 Å². The zero-order chi connectivity index (χ0) is 28.3. The van der Waals surface area contributed by atoms with E-state index in [1.807, 2.05) is 91.0 Å². The summed E-state index contributed by atoms with van der Waals surface area (Å²) in [6.07, 6.45) is 0.691. The number of nitrogens with one attached hydrogen (secondary N) is 1. The Bertz CT molecular complexity index is 1320. The Hall–Kier alpha value is -3.70. The van der Waals surface area contributed by atoms with Crippen molar-refractivity contribution in [2.45, 2.75) is 45.2 Å². The molecule has 4 nitrogen and oxygen atoms in total. The maximum atomic E-state index is 14.4. The van der Waals surface area contributed by atoms with E-state index in [-0.39, 0.29) is 24.2 Å². The Kier molecular flexibility index (Phi) is 10.7. The van der Waals surface area contributed by atoms with E-state index in [1.165, 1.54) is 0 Å². The van der Waals surface area contributed by atoms with Crippen LogP contribution < -0.4 is 5.32 Å². The molecule has 0 saturated carbocycles. The zero-order valence-electron chi connectivity index (χ0n) is 23.2. The quantitative estimate of drug-likeness (QED) is 0.185. The lowest BCUT2D eigenvalue weighted by atomic mass is 9.87. The summed E-state index contributed by atoms with van der Waals surface area (Å²) in [7, 11) is 0. The van der Waals surface area contributed by atoms with Gasteiger partial charge in [0.2, 0.25) is 11.8 Å². The van der Waals surface area contributed by atoms with Crippen LogP contribution in [-0.2, 0) is 22.6 Å². The van der Waals surface area contributed by atoms with Gasteiger partial charge in [0, 0.05) is 36.3 Å². The third-order valence-electron chi connectivity index (χ3n) is 6.98. The van der Waals surface area contributed by atoms with E-state index in [0.29, 0.717) is 25.4 Å². The van der Waals surface area contributed by atoms with Crippen molar-refractivity contribution in [1.29, 1.82) is 0 Å². The van der Waals surface area contributed by atoms with Crippen molar-refractivity contribution in [3.05, 3.63) is 142 Å². The first-order valence-corrected chi connectivity index (χ1v) is 14.7. The van der Waals surface area contributed by atoms with Gasteiger partial charge in [0.15, 0.2) is 0 Å². The van der Waals surface area contributed by atoms with Gasteiger partial charge < -0.3 is 10.2 Å². The first kappa shape index (κ1) is 29.3. The van der Waals surface area contributed by atoms with Crippen LogP contribution in [0.5, 0.6) is 0 Å². The second kappa shape index (κ2) is 14.6. The lowest BCUT2D eigenvalue weighted by molar-refractivity contribution is -0.141. The number of carbonyl (C=O) groups excluding carboxylic acids is 2. The van der Waals surface area contributed by atoms with Crippen LogP contribution in [0.3, 0.4) is 0 Å². The van der Waals surface area contributed by atoms with Gasteiger partial charge in [-0.05, 0) is 40.3 Å². The third kappa shape index (κ3) is 8.40. The first-order chi connectivity index (χ1) is 19.4. The molecule has 0 saturated heterocycles. The minimum atomic E-state index is -0.653. The largest absolute Gasteiger partial charge is 0.354 e. The Morgan fingerprint density at radius 3 is 1.85 bits per heavy atom. The van der Waals surface area contributed by atoms with Crippen molar-refractivity contribution in [1.82, 2.24) is 10.2 Å². The number of hydrogen-bond acceptors (Lipinski definition) is 2. The molecule has 5 heteroatoms. The van der Waals surface area contributed by atoms with E-state index in [0.717, 1.165) is 26.7 Å². The lowest BCUT2D eigenvalue weighted by Gasteiger charge is -2.33. The maximum absolute atomic E-state index is 14.4. The fourth-order valence-corrected chi connectivity index (χ4v) is 5.35. The van der Waals surface area contributed by atoms with Crippen molar-refractivity contribution in [2.75, 3.05) is 6.54 Å². The second-order valence-corrected chi connectivity index (χ2v) is 11.5. The Balaban J connectivity index is 1.73. The van der Waals surface area contributed by atoms with Gasteiger partial charge >= 0.3 is 0 Å². The molecule has 40 heavy (non-hydrogen) atoms. The summed E-state index contributed by atoms with van der Waals surface area (Å²) in [6.45, 7) is 5.03. The topological polar surface area (TPSA) is 49.4 Å². The van der Waals surface area contributed by atoms with E-state index in [9.17, 15) is 9.59 Å². The Morgan fingerprint density at radius 1 is 0.750 bits per heavy atom. The predicted molar refractivity (Wildman–Crippen MR) is 166 cm³/mol. The molecule has 1 unspecified atom stereocenters. The number of benzene rings is 4. The lowest BCUT2D eigenvalue weighted by Crippen LogP contribution is -2.51. The van der Waals surface area contributed by atoms with Crippen LogP contribution in [0.2, 0.25) is 0 Å². The highest BCUT2D eigenvalue weighted by atomic mass is 79.9. The van der Waals surface area contributed by atoms with Gasteiger partial charge in [-0.1, -0.05) is 133 Å². The molecular formula is C35H37BrN2O2. The molecule has 0 fully saturated rings. The highest BCUT2D eigenvalue weighted by Crippen LogP contribution is 2.30. The summed E-state index contributed by atoms with van der Waals surface area (Å²) in [5.74, 6) is -0.0118. The SMILES string of the molecule is CC(C)CNC(=O)C(Cc1ccccc1)N(Cc1cccc(Br)c1)C(=O)CC(c1ccccc1)c1ccccc1. The highest BCUT2D eigenvalue weighted by Gasteiger charge is 2.32. The number of carbonyl (C=O) groups is 2. The zero-order valence-corrected chi connectivity index (χ0v) is 24.8. The molecular weight excluding hydrogens is 560 g/mol. The van der Waals surface area contributed by atoms with Crippen molar-refractivity contribution < 1.29 is 9.59 Å². The second-order valence-electron chi connectivity index (χ2n) is 10.6. The normalized spacial score (nSPS) is 11.8. The van der Waals surface area contributed by atoms with Crippen molar-refractivity contribution in [3.8, 4) is 0 Å². The van der Waals surface area contributed by atoms with Gasteiger partial charge in [0.25, 0.3) is 0 Å². The van der Waals surface area contributed by atoms with Crippen LogP contribution in [0.25, 0.3) is 0 Å². The molecule has 0 spiro atoms. The van der Waals surface area contributed by atoms with Gasteiger partial charge in [0.1, 0.15) is 6.04 Å². The van der Waals surface area contributed by atoms with E-state index in [4.69, 9.17) is 0 Å². The molecule has 0 aliphatic carbocycles. The molecule has 0 radical (unpaired) electrons. The van der Waals surface area contributed by atoms with Crippen molar-refractivity contribution in [2.24, 2.45) is 5.92 Å². The monoisotopic (exact) mass is 596 g/mol. The summed E-state index contributed by atoms with van der Waals surface area (Å²) in [6, 6.07) is 37.5. The average molecular weight is 598 g/mol. The molecule has 4 aromatic carbocycles. The van der Waals surface area contributed by atoms with Gasteiger partial charge in [-0.3, -0.25) is 9.59 Å². The molecule has 0 heterocycles. The molecule has 0 aliphatic heterocycles. The molecule has 0 bridgehead atoms. The average Bonchev–Trinajstić information content (AvgIpc) is 2.97. The Morgan fingerprint density at radius 2 is 1.30 bits per heavy atom. The number of rotatable bonds is 12. The molecule has 0 aliphatic rings. The summed E-state index contributed by atoms with van der Waals surface area (Å²) in [4.78, 5) is 29.9. The third-order valence-corrected chi connectivity index (χ3v) is 7.47. The van der Waals surface area contributed by atoms with Crippen LogP contribution in [-0.4, -0.2) is 29.3 Å². The van der Waals surface area contributed by atoms with Crippen molar-refractivity contribution in [3.63, 3.8) is 0 Å². The van der Waals surface area contributed by atoms with Crippen LogP contribution in [0, 0.1) is 5.92 Å². The van der Waals surface area contributed by atoms with E-state index < -0.39 is 6.04 Å². The molecule has 1 N–H and O–H groups in total. The smallest absolute Gasteiger partial charge is 0.243 e. The van der Waals surface area contributed by atoms with Crippen molar-refractivity contribution >= 4 is 27.7 Å². The summed E-state index contributed by atoms with van der Waals surface area (Å²) >= 11 is 3.57. The maximum Gasteiger partial charge on any atom is 0.243 e. The minimum Gasteiger partial charge on any atom is -0.354 e. The fraction of sp³-hybridized carbons (Fsp3) is 0.257. The molecule has 1 atom stereocenters. The van der Waals surface area contributed by atoms with Crippen LogP contribution in [0.1, 0.15) is 48.4 Å². The van der Waals surface area contributed by atoms with Gasteiger partial charge in [-0.2, -0.15) is 0 Å². The standard InChI is InChI=1S/C35H37BrN2O2/c1-26(2)24-37-35(40)33(22-27-13-6-3-7-14-27)38(25-28-15-12-20-31(36)21-28)34(39)23-32(29-16-8-4-9-17-29)30-18-10-5-11-19-30/h3-21,26,32-33H,22-25H2,1-2H3,(H,37,40). The van der Waals surface area contributed by atoms with E-state index >= 15 is 0 Å². The molecule has 206 valence electrons.